The molecule has 0 radical (unpaired) electrons. The van der Waals surface area contributed by atoms with Gasteiger partial charge in [0, 0.05) is 17.9 Å². The lowest BCUT2D eigenvalue weighted by Gasteiger charge is -2.25. The number of carbonyl (C=O) groups is 1. The number of benzene rings is 1. The number of aromatic nitrogens is 1. The van der Waals surface area contributed by atoms with Gasteiger partial charge in [-0.25, -0.2) is 4.39 Å². The van der Waals surface area contributed by atoms with Crippen LogP contribution in [0.1, 0.15) is 40.6 Å². The maximum absolute atomic E-state index is 13.0. The number of aliphatic hydroxyl groups is 1. The van der Waals surface area contributed by atoms with Crippen LogP contribution >= 0.6 is 0 Å². The van der Waals surface area contributed by atoms with Crippen LogP contribution in [-0.2, 0) is 0 Å². The van der Waals surface area contributed by atoms with E-state index >= 15 is 0 Å². The Morgan fingerprint density at radius 3 is 2.59 bits per heavy atom. The number of hydrogen-bond acceptors (Lipinski definition) is 2. The second-order valence-corrected chi connectivity index (χ2v) is 5.77. The number of nitrogens with one attached hydrogen (secondary N) is 1. The topological polar surface area (TPSA) is 56.3 Å². The Morgan fingerprint density at radius 2 is 2.05 bits per heavy atom. The van der Waals surface area contributed by atoms with Crippen LogP contribution in [0.15, 0.2) is 36.5 Å². The minimum absolute atomic E-state index is 0.0672. The summed E-state index contributed by atoms with van der Waals surface area (Å²) in [6.07, 6.45) is 2.85. The summed E-state index contributed by atoms with van der Waals surface area (Å²) < 4.78 is 13.0. The summed E-state index contributed by atoms with van der Waals surface area (Å²) in [5.41, 5.74) is 2.08. The normalized spacial score (nSPS) is 15.6. The summed E-state index contributed by atoms with van der Waals surface area (Å²) in [6.45, 7) is 2.08. The van der Waals surface area contributed by atoms with E-state index in [0.717, 1.165) is 18.5 Å². The van der Waals surface area contributed by atoms with Crippen LogP contribution in [0.2, 0.25) is 0 Å². The number of aryl methyl sites for hydroxylation is 1. The van der Waals surface area contributed by atoms with Gasteiger partial charge in [-0.3, -0.25) is 4.79 Å². The molecule has 4 nitrogen and oxygen atoms in total. The number of H-pyrrole nitrogens is 1. The molecule has 1 atom stereocenters. The number of nitrogens with zero attached hydrogens (tertiary/aromatic N) is 1. The van der Waals surface area contributed by atoms with Gasteiger partial charge in [-0.05, 0) is 43.5 Å². The molecule has 1 aliphatic carbocycles. The van der Waals surface area contributed by atoms with E-state index in [4.69, 9.17) is 0 Å². The number of aliphatic hydroxyl groups excluding tert-OH is 1. The molecule has 116 valence electrons. The van der Waals surface area contributed by atoms with E-state index in [0.29, 0.717) is 11.1 Å². The maximum atomic E-state index is 13.0. The van der Waals surface area contributed by atoms with E-state index in [-0.39, 0.29) is 24.3 Å². The van der Waals surface area contributed by atoms with Crippen LogP contribution in [-0.4, -0.2) is 33.5 Å². The molecule has 5 heteroatoms. The molecule has 2 aromatic rings. The molecular weight excluding hydrogens is 283 g/mol. The Bertz CT molecular complexity index is 662. The van der Waals surface area contributed by atoms with Crippen LogP contribution in [0.4, 0.5) is 4.39 Å². The molecule has 1 aromatic carbocycles. The average molecular weight is 302 g/mol. The molecule has 0 spiro atoms. The lowest BCUT2D eigenvalue weighted by Crippen LogP contribution is -2.36. The third-order valence-corrected chi connectivity index (χ3v) is 4.06. The second kappa shape index (κ2) is 5.93. The van der Waals surface area contributed by atoms with Gasteiger partial charge >= 0.3 is 0 Å². The molecule has 3 rings (SSSR count). The van der Waals surface area contributed by atoms with Crippen molar-refractivity contribution in [2.75, 3.05) is 6.54 Å². The zero-order valence-electron chi connectivity index (χ0n) is 12.4. The quantitative estimate of drug-likeness (QED) is 0.892. The highest BCUT2D eigenvalue weighted by molar-refractivity contribution is 5.95. The fourth-order valence-corrected chi connectivity index (χ4v) is 2.60. The molecule has 1 aromatic heterocycles. The second-order valence-electron chi connectivity index (χ2n) is 5.77. The van der Waals surface area contributed by atoms with E-state index < -0.39 is 6.10 Å². The van der Waals surface area contributed by atoms with Gasteiger partial charge in [0.2, 0.25) is 0 Å². The number of carbonyl (C=O) groups excluding carboxylic acids is 1. The van der Waals surface area contributed by atoms with Gasteiger partial charge < -0.3 is 15.0 Å². The first kappa shape index (κ1) is 14.8. The average Bonchev–Trinajstić information content (AvgIpc) is 3.26. The van der Waals surface area contributed by atoms with Gasteiger partial charge in [0.1, 0.15) is 5.82 Å². The van der Waals surface area contributed by atoms with Gasteiger partial charge in [0.05, 0.1) is 18.2 Å². The van der Waals surface area contributed by atoms with Gasteiger partial charge in [-0.1, -0.05) is 12.1 Å². The summed E-state index contributed by atoms with van der Waals surface area (Å²) in [5, 5.41) is 10.4. The highest BCUT2D eigenvalue weighted by Gasteiger charge is 2.35. The molecule has 1 aliphatic rings. The third-order valence-electron chi connectivity index (χ3n) is 4.06. The van der Waals surface area contributed by atoms with Crippen LogP contribution in [0.25, 0.3) is 0 Å². The lowest BCUT2D eigenvalue weighted by molar-refractivity contribution is 0.0602. The highest BCUT2D eigenvalue weighted by Crippen LogP contribution is 2.30. The summed E-state index contributed by atoms with van der Waals surface area (Å²) >= 11 is 0. The highest BCUT2D eigenvalue weighted by atomic mass is 19.1. The van der Waals surface area contributed by atoms with Gasteiger partial charge in [-0.2, -0.15) is 0 Å². The SMILES string of the molecule is Cc1[nH]ccc1C(=O)N(CC(O)c1ccc(F)cc1)C1CC1. The monoisotopic (exact) mass is 302 g/mol. The van der Waals surface area contributed by atoms with Crippen LogP contribution in [0.3, 0.4) is 0 Å². The first-order valence-electron chi connectivity index (χ1n) is 7.44. The summed E-state index contributed by atoms with van der Waals surface area (Å²) in [6, 6.07) is 7.69. The van der Waals surface area contributed by atoms with Crippen molar-refractivity contribution in [3.8, 4) is 0 Å². The zero-order valence-corrected chi connectivity index (χ0v) is 12.4. The summed E-state index contributed by atoms with van der Waals surface area (Å²) in [7, 11) is 0. The first-order valence-corrected chi connectivity index (χ1v) is 7.44. The predicted molar refractivity (Wildman–Crippen MR) is 80.9 cm³/mol. The van der Waals surface area contributed by atoms with E-state index in [2.05, 4.69) is 4.98 Å². The smallest absolute Gasteiger partial charge is 0.256 e. The first-order chi connectivity index (χ1) is 10.6. The molecule has 22 heavy (non-hydrogen) atoms. The lowest BCUT2D eigenvalue weighted by atomic mass is 10.1. The predicted octanol–water partition coefficient (Wildman–Crippen LogP) is 2.80. The van der Waals surface area contributed by atoms with Crippen LogP contribution < -0.4 is 0 Å². The van der Waals surface area contributed by atoms with E-state index in [1.807, 2.05) is 6.92 Å². The zero-order chi connectivity index (χ0) is 15.7. The van der Waals surface area contributed by atoms with Crippen LogP contribution in [0, 0.1) is 12.7 Å². The van der Waals surface area contributed by atoms with E-state index in [9.17, 15) is 14.3 Å². The van der Waals surface area contributed by atoms with Crippen molar-refractivity contribution < 1.29 is 14.3 Å². The fraction of sp³-hybridized carbons (Fsp3) is 0.353. The van der Waals surface area contributed by atoms with E-state index in [1.165, 1.54) is 12.1 Å². The molecule has 1 saturated carbocycles. The fourth-order valence-electron chi connectivity index (χ4n) is 2.60. The molecule has 1 heterocycles. The van der Waals surface area contributed by atoms with E-state index in [1.54, 1.807) is 29.3 Å². The molecule has 1 unspecified atom stereocenters. The molecule has 1 fully saturated rings. The van der Waals surface area contributed by atoms with Gasteiger partial charge in [0.25, 0.3) is 5.91 Å². The van der Waals surface area contributed by atoms with Crippen LogP contribution in [0.5, 0.6) is 0 Å². The standard InChI is InChI=1S/C17H19FN2O2/c1-11-15(8-9-19-11)17(22)20(14-6-7-14)10-16(21)12-2-4-13(18)5-3-12/h2-5,8-9,14,16,19,21H,6-7,10H2,1H3. The molecule has 0 aliphatic heterocycles. The Balaban J connectivity index is 1.76. The van der Waals surface area contributed by atoms with Crippen molar-refractivity contribution in [1.29, 1.82) is 0 Å². The Morgan fingerprint density at radius 1 is 1.36 bits per heavy atom. The Labute approximate surface area is 128 Å². The molecule has 1 amide bonds. The maximum Gasteiger partial charge on any atom is 0.256 e. The van der Waals surface area contributed by atoms with Crippen molar-refractivity contribution in [3.63, 3.8) is 0 Å². The number of hydrogen-bond donors (Lipinski definition) is 2. The molecule has 0 bridgehead atoms. The molecule has 2 N–H and O–H groups in total. The van der Waals surface area contributed by atoms with Crippen molar-refractivity contribution in [1.82, 2.24) is 9.88 Å². The number of halogens is 1. The Kier molecular flexibility index (Phi) is 3.98. The summed E-state index contributed by atoms with van der Waals surface area (Å²) in [4.78, 5) is 17.4. The minimum Gasteiger partial charge on any atom is -0.387 e. The van der Waals surface area contributed by atoms with Gasteiger partial charge in [-0.15, -0.1) is 0 Å². The van der Waals surface area contributed by atoms with Crippen molar-refractivity contribution in [2.24, 2.45) is 0 Å². The number of rotatable bonds is 5. The molecular formula is C17H19FN2O2. The Hall–Kier alpha value is -2.14. The largest absolute Gasteiger partial charge is 0.387 e. The van der Waals surface area contributed by atoms with Crippen molar-refractivity contribution in [2.45, 2.75) is 31.9 Å². The minimum atomic E-state index is -0.815. The third kappa shape index (κ3) is 3.04. The molecule has 0 saturated heterocycles. The number of aromatic amines is 1. The summed E-state index contributed by atoms with van der Waals surface area (Å²) in [5.74, 6) is -0.406. The van der Waals surface area contributed by atoms with Crippen molar-refractivity contribution in [3.05, 3.63) is 59.2 Å². The number of amides is 1. The van der Waals surface area contributed by atoms with Gasteiger partial charge in [0.15, 0.2) is 0 Å². The van der Waals surface area contributed by atoms with Crippen molar-refractivity contribution >= 4 is 5.91 Å².